The molecule has 2 aromatic rings. The van der Waals surface area contributed by atoms with E-state index in [4.69, 9.17) is 4.74 Å². The summed E-state index contributed by atoms with van der Waals surface area (Å²) in [5.74, 6) is 1.66. The third-order valence-corrected chi connectivity index (χ3v) is 5.84. The fraction of sp³-hybridized carbons (Fsp3) is 0.524. The highest BCUT2D eigenvalue weighted by Crippen LogP contribution is 2.33. The van der Waals surface area contributed by atoms with Gasteiger partial charge >= 0.3 is 5.69 Å². The number of aromatic nitrogens is 3. The number of likely N-dealkylation sites (tertiary alicyclic amines) is 1. The molecule has 0 bridgehead atoms. The Morgan fingerprint density at radius 3 is 2.40 bits per heavy atom. The molecule has 0 radical (unpaired) electrons. The van der Waals surface area contributed by atoms with Crippen molar-refractivity contribution in [3.8, 4) is 5.75 Å². The summed E-state index contributed by atoms with van der Waals surface area (Å²) in [6, 6.07) is 6.97. The predicted octanol–water partition coefficient (Wildman–Crippen LogP) is 1.35. The van der Waals surface area contributed by atoms with Crippen LogP contribution in [0.4, 0.5) is 5.69 Å². The average Bonchev–Trinajstić information content (AvgIpc) is 3.57. The van der Waals surface area contributed by atoms with Gasteiger partial charge in [0.1, 0.15) is 18.1 Å². The second kappa shape index (κ2) is 8.33. The lowest BCUT2D eigenvalue weighted by molar-refractivity contribution is -0.133. The third kappa shape index (κ3) is 4.24. The number of benzene rings is 1. The number of nitrogens with one attached hydrogen (secondary N) is 1. The van der Waals surface area contributed by atoms with Gasteiger partial charge in [0.15, 0.2) is 0 Å². The molecule has 1 N–H and O–H groups in total. The van der Waals surface area contributed by atoms with Crippen LogP contribution in [-0.2, 0) is 23.2 Å². The van der Waals surface area contributed by atoms with Gasteiger partial charge in [-0.15, -0.1) is 0 Å². The SMILES string of the molecule is COc1ccc(NC(=O)Cn2nc(C3CCN(C(=O)C4CC4)CC3)n(C)c2=O)cc1. The lowest BCUT2D eigenvalue weighted by atomic mass is 9.95. The number of methoxy groups -OCH3 is 1. The molecule has 1 aliphatic carbocycles. The Bertz CT molecular complexity index is 982. The van der Waals surface area contributed by atoms with Crippen LogP contribution < -0.4 is 15.7 Å². The lowest BCUT2D eigenvalue weighted by Gasteiger charge is -2.31. The van der Waals surface area contributed by atoms with Crippen molar-refractivity contribution in [3.63, 3.8) is 0 Å². The van der Waals surface area contributed by atoms with Crippen molar-refractivity contribution in [3.05, 3.63) is 40.6 Å². The summed E-state index contributed by atoms with van der Waals surface area (Å²) in [5, 5.41) is 7.21. The maximum atomic E-state index is 12.6. The van der Waals surface area contributed by atoms with Crippen LogP contribution in [0.2, 0.25) is 0 Å². The highest BCUT2D eigenvalue weighted by Gasteiger charge is 2.36. The van der Waals surface area contributed by atoms with Gasteiger partial charge in [-0.3, -0.25) is 14.2 Å². The first kappa shape index (κ1) is 20.2. The van der Waals surface area contributed by atoms with Gasteiger partial charge in [-0.25, -0.2) is 9.48 Å². The first-order valence-electron chi connectivity index (χ1n) is 10.3. The number of anilines is 1. The van der Waals surface area contributed by atoms with Crippen LogP contribution in [0, 0.1) is 5.92 Å². The van der Waals surface area contributed by atoms with Gasteiger partial charge in [0.25, 0.3) is 0 Å². The maximum Gasteiger partial charge on any atom is 0.346 e. The van der Waals surface area contributed by atoms with Gasteiger partial charge in [0.2, 0.25) is 11.8 Å². The van der Waals surface area contributed by atoms with E-state index in [1.165, 1.54) is 9.25 Å². The van der Waals surface area contributed by atoms with Crippen molar-refractivity contribution in [2.45, 2.75) is 38.1 Å². The Hall–Kier alpha value is -3.10. The van der Waals surface area contributed by atoms with Crippen molar-refractivity contribution in [1.29, 1.82) is 0 Å². The Morgan fingerprint density at radius 1 is 1.13 bits per heavy atom. The van der Waals surface area contributed by atoms with Crippen LogP contribution in [0.1, 0.15) is 37.4 Å². The van der Waals surface area contributed by atoms with E-state index in [0.29, 0.717) is 30.4 Å². The van der Waals surface area contributed by atoms with E-state index < -0.39 is 0 Å². The van der Waals surface area contributed by atoms with Crippen molar-refractivity contribution in [2.24, 2.45) is 13.0 Å². The van der Waals surface area contributed by atoms with Gasteiger partial charge in [0.05, 0.1) is 7.11 Å². The molecule has 0 spiro atoms. The van der Waals surface area contributed by atoms with Crippen LogP contribution in [-0.4, -0.2) is 51.3 Å². The van der Waals surface area contributed by atoms with Gasteiger partial charge in [-0.2, -0.15) is 5.10 Å². The predicted molar refractivity (Wildman–Crippen MR) is 110 cm³/mol. The van der Waals surface area contributed by atoms with Crippen molar-refractivity contribution in [2.75, 3.05) is 25.5 Å². The van der Waals surface area contributed by atoms with Gasteiger partial charge in [0, 0.05) is 37.7 Å². The Morgan fingerprint density at radius 2 is 1.80 bits per heavy atom. The minimum absolute atomic E-state index is 0.108. The largest absolute Gasteiger partial charge is 0.497 e. The summed E-state index contributed by atoms with van der Waals surface area (Å²) in [4.78, 5) is 39.1. The summed E-state index contributed by atoms with van der Waals surface area (Å²) in [7, 11) is 3.26. The van der Waals surface area contributed by atoms with E-state index in [9.17, 15) is 14.4 Å². The normalized spacial score (nSPS) is 17.1. The molecule has 2 heterocycles. The number of hydrogen-bond acceptors (Lipinski definition) is 5. The molecule has 0 atom stereocenters. The fourth-order valence-corrected chi connectivity index (χ4v) is 3.92. The Labute approximate surface area is 174 Å². The van der Waals surface area contributed by atoms with Crippen LogP contribution in [0.5, 0.6) is 5.75 Å². The average molecular weight is 413 g/mol. The fourth-order valence-electron chi connectivity index (χ4n) is 3.92. The summed E-state index contributed by atoms with van der Waals surface area (Å²) < 4.78 is 7.82. The number of ether oxygens (including phenoxy) is 1. The van der Waals surface area contributed by atoms with E-state index in [1.54, 1.807) is 38.4 Å². The molecule has 160 valence electrons. The van der Waals surface area contributed by atoms with Crippen molar-refractivity contribution in [1.82, 2.24) is 19.2 Å². The number of rotatable bonds is 6. The Balaban J connectivity index is 1.38. The molecular formula is C21H27N5O4. The van der Waals surface area contributed by atoms with E-state index in [2.05, 4.69) is 10.4 Å². The monoisotopic (exact) mass is 413 g/mol. The zero-order chi connectivity index (χ0) is 21.3. The minimum atomic E-state index is -0.322. The molecule has 1 saturated heterocycles. The third-order valence-electron chi connectivity index (χ3n) is 5.84. The first-order valence-corrected chi connectivity index (χ1v) is 10.3. The van der Waals surface area contributed by atoms with E-state index in [-0.39, 0.29) is 35.9 Å². The molecule has 2 aliphatic rings. The van der Waals surface area contributed by atoms with Crippen molar-refractivity contribution < 1.29 is 14.3 Å². The number of piperidine rings is 1. The Kier molecular flexibility index (Phi) is 5.61. The van der Waals surface area contributed by atoms with Gasteiger partial charge in [-0.1, -0.05) is 0 Å². The minimum Gasteiger partial charge on any atom is -0.497 e. The quantitative estimate of drug-likeness (QED) is 0.771. The van der Waals surface area contributed by atoms with Crippen LogP contribution in [0.3, 0.4) is 0 Å². The number of amides is 2. The molecular weight excluding hydrogens is 386 g/mol. The maximum absolute atomic E-state index is 12.6. The standard InChI is InChI=1S/C21H27N5O4/c1-24-19(14-9-11-25(12-10-14)20(28)15-3-4-15)23-26(21(24)29)13-18(27)22-16-5-7-17(30-2)8-6-16/h5-8,14-15H,3-4,9-13H2,1-2H3,(H,22,27). The summed E-state index contributed by atoms with van der Waals surface area (Å²) in [5.41, 5.74) is 0.309. The van der Waals surface area contributed by atoms with Crippen molar-refractivity contribution >= 4 is 17.5 Å². The van der Waals surface area contributed by atoms with Crippen LogP contribution >= 0.6 is 0 Å². The molecule has 1 aromatic carbocycles. The topological polar surface area (TPSA) is 98.5 Å². The summed E-state index contributed by atoms with van der Waals surface area (Å²) in [6.07, 6.45) is 3.58. The molecule has 0 unspecified atom stereocenters. The molecule has 1 aromatic heterocycles. The number of carbonyl (C=O) groups excluding carboxylic acids is 2. The zero-order valence-electron chi connectivity index (χ0n) is 17.3. The molecule has 1 saturated carbocycles. The molecule has 9 heteroatoms. The molecule has 2 amide bonds. The smallest absolute Gasteiger partial charge is 0.346 e. The summed E-state index contributed by atoms with van der Waals surface area (Å²) in [6.45, 7) is 1.23. The lowest BCUT2D eigenvalue weighted by Crippen LogP contribution is -2.39. The van der Waals surface area contributed by atoms with Crippen LogP contribution in [0.15, 0.2) is 29.1 Å². The van der Waals surface area contributed by atoms with Gasteiger partial charge in [-0.05, 0) is 49.9 Å². The van der Waals surface area contributed by atoms with Gasteiger partial charge < -0.3 is 15.0 Å². The molecule has 9 nitrogen and oxygen atoms in total. The molecule has 2 fully saturated rings. The number of nitrogens with zero attached hydrogens (tertiary/aromatic N) is 4. The highest BCUT2D eigenvalue weighted by molar-refractivity contribution is 5.90. The van der Waals surface area contributed by atoms with E-state index in [0.717, 1.165) is 25.7 Å². The number of carbonyl (C=O) groups is 2. The zero-order valence-corrected chi connectivity index (χ0v) is 17.3. The molecule has 30 heavy (non-hydrogen) atoms. The second-order valence-electron chi connectivity index (χ2n) is 8.01. The van der Waals surface area contributed by atoms with E-state index >= 15 is 0 Å². The second-order valence-corrected chi connectivity index (χ2v) is 8.01. The molecule has 1 aliphatic heterocycles. The first-order chi connectivity index (χ1) is 14.5. The summed E-state index contributed by atoms with van der Waals surface area (Å²) >= 11 is 0. The van der Waals surface area contributed by atoms with E-state index in [1.807, 2.05) is 4.90 Å². The highest BCUT2D eigenvalue weighted by atomic mass is 16.5. The number of hydrogen-bond donors (Lipinski definition) is 1. The molecule has 4 rings (SSSR count). The van der Waals surface area contributed by atoms with Crippen LogP contribution in [0.25, 0.3) is 0 Å².